The molecule has 0 amide bonds. The van der Waals surface area contributed by atoms with Crippen molar-refractivity contribution < 1.29 is 0 Å². The summed E-state index contributed by atoms with van der Waals surface area (Å²) in [4.78, 5) is 1.41. The van der Waals surface area contributed by atoms with Crippen molar-refractivity contribution in [2.24, 2.45) is 0 Å². The maximum atomic E-state index is 3.82. The van der Waals surface area contributed by atoms with Crippen LogP contribution in [-0.2, 0) is 6.42 Å². The minimum absolute atomic E-state index is 1.02. The maximum Gasteiger partial charge on any atom is 0.129 e. The molecule has 0 saturated carbocycles. The molecule has 0 nitrogen and oxygen atoms in total. The molecular formula is C17H20SSi. The molecule has 0 spiro atoms. The van der Waals surface area contributed by atoms with E-state index in [0.717, 1.165) is 12.8 Å². The first-order chi connectivity index (χ1) is 9.01. The molecule has 0 atom stereocenters. The molecule has 1 heterocycles. The summed E-state index contributed by atoms with van der Waals surface area (Å²) in [6.45, 7) is 10.7. The van der Waals surface area contributed by atoms with Crippen molar-refractivity contribution >= 4 is 29.5 Å². The summed E-state index contributed by atoms with van der Waals surface area (Å²) in [5, 5.41) is 1.32. The van der Waals surface area contributed by atoms with Crippen LogP contribution in [0.15, 0.2) is 36.9 Å². The Morgan fingerprint density at radius 1 is 1.26 bits per heavy atom. The van der Waals surface area contributed by atoms with Gasteiger partial charge in [-0.2, -0.15) is 0 Å². The van der Waals surface area contributed by atoms with Crippen LogP contribution < -0.4 is 0 Å². The van der Waals surface area contributed by atoms with Crippen LogP contribution in [0.4, 0.5) is 0 Å². The van der Waals surface area contributed by atoms with Gasteiger partial charge in [-0.05, 0) is 18.9 Å². The average molecular weight is 284 g/mol. The number of thiophene rings is 1. The fourth-order valence-corrected chi connectivity index (χ4v) is 3.57. The normalized spacial score (nSPS) is 11.1. The number of hydrogen-bond acceptors (Lipinski definition) is 1. The minimum Gasteiger partial charge on any atom is -0.139 e. The summed E-state index contributed by atoms with van der Waals surface area (Å²) in [6.07, 6.45) is 4.06. The third kappa shape index (κ3) is 3.59. The summed E-state index contributed by atoms with van der Waals surface area (Å²) in [5.74, 6) is 3.47. The van der Waals surface area contributed by atoms with Gasteiger partial charge in [-0.3, -0.25) is 0 Å². The smallest absolute Gasteiger partial charge is 0.129 e. The fraction of sp³-hybridized carbons (Fsp3) is 0.294. The standard InChI is InChI=1S/C17H20SSi/c1-5-6-10-16-15(12-13-19(2,3)4)14-9-7-8-11-17(14)18-16/h5,7-9,11H,1,6,10H2,2-4H3. The highest BCUT2D eigenvalue weighted by Crippen LogP contribution is 2.31. The van der Waals surface area contributed by atoms with Crippen LogP contribution in [0.1, 0.15) is 16.9 Å². The SMILES string of the molecule is C=CCCc1sc2ccccc2c1C#C[Si](C)(C)C. The van der Waals surface area contributed by atoms with Crippen LogP contribution in [0.2, 0.25) is 19.6 Å². The molecule has 0 radical (unpaired) electrons. The van der Waals surface area contributed by atoms with Gasteiger partial charge in [0.05, 0.1) is 0 Å². The zero-order chi connectivity index (χ0) is 13.9. The molecule has 0 N–H and O–H groups in total. The molecule has 0 bridgehead atoms. The number of aryl methyl sites for hydroxylation is 1. The molecule has 2 heteroatoms. The average Bonchev–Trinajstić information content (AvgIpc) is 2.70. The van der Waals surface area contributed by atoms with Gasteiger partial charge in [0.15, 0.2) is 0 Å². The van der Waals surface area contributed by atoms with Crippen molar-refractivity contribution in [1.82, 2.24) is 0 Å². The summed E-state index contributed by atoms with van der Waals surface area (Å²) in [7, 11) is -1.33. The fourth-order valence-electron chi connectivity index (χ4n) is 1.89. The van der Waals surface area contributed by atoms with Gasteiger partial charge in [0.2, 0.25) is 0 Å². The lowest BCUT2D eigenvalue weighted by atomic mass is 10.1. The molecular weight excluding hydrogens is 264 g/mol. The van der Waals surface area contributed by atoms with Gasteiger partial charge in [-0.1, -0.05) is 49.8 Å². The third-order valence-corrected chi connectivity index (χ3v) is 4.91. The van der Waals surface area contributed by atoms with E-state index in [0.29, 0.717) is 0 Å². The van der Waals surface area contributed by atoms with E-state index in [1.54, 1.807) is 0 Å². The number of allylic oxidation sites excluding steroid dienone is 1. The first kappa shape index (κ1) is 14.1. The second-order valence-electron chi connectivity index (χ2n) is 5.72. The van der Waals surface area contributed by atoms with Crippen molar-refractivity contribution in [3.63, 3.8) is 0 Å². The van der Waals surface area contributed by atoms with Crippen molar-refractivity contribution in [3.8, 4) is 11.5 Å². The molecule has 0 aliphatic carbocycles. The molecule has 98 valence electrons. The van der Waals surface area contributed by atoms with Crippen LogP contribution in [-0.4, -0.2) is 8.07 Å². The second kappa shape index (κ2) is 5.77. The predicted molar refractivity (Wildman–Crippen MR) is 90.6 cm³/mol. The Bertz CT molecular complexity index is 647. The van der Waals surface area contributed by atoms with Crippen molar-refractivity contribution in [1.29, 1.82) is 0 Å². The topological polar surface area (TPSA) is 0 Å². The number of hydrogen-bond donors (Lipinski definition) is 0. The Morgan fingerprint density at radius 2 is 2.00 bits per heavy atom. The van der Waals surface area contributed by atoms with Gasteiger partial charge in [-0.15, -0.1) is 23.5 Å². The summed E-state index contributed by atoms with van der Waals surface area (Å²) < 4.78 is 1.35. The lowest BCUT2D eigenvalue weighted by molar-refractivity contribution is 1.03. The highest BCUT2D eigenvalue weighted by Gasteiger charge is 2.11. The second-order valence-corrected chi connectivity index (χ2v) is 11.6. The van der Waals surface area contributed by atoms with Gasteiger partial charge in [0.25, 0.3) is 0 Å². The van der Waals surface area contributed by atoms with E-state index in [2.05, 4.69) is 61.9 Å². The van der Waals surface area contributed by atoms with Gasteiger partial charge in [0.1, 0.15) is 8.07 Å². The first-order valence-electron chi connectivity index (χ1n) is 6.66. The number of fused-ring (bicyclic) bond motifs is 1. The molecule has 19 heavy (non-hydrogen) atoms. The number of rotatable bonds is 3. The van der Waals surface area contributed by atoms with E-state index in [4.69, 9.17) is 0 Å². The summed E-state index contributed by atoms with van der Waals surface area (Å²) in [6, 6.07) is 8.59. The predicted octanol–water partition coefficient (Wildman–Crippen LogP) is 5.25. The Kier molecular flexibility index (Phi) is 4.29. The van der Waals surface area contributed by atoms with E-state index in [1.807, 2.05) is 17.4 Å². The van der Waals surface area contributed by atoms with Crippen molar-refractivity contribution in [3.05, 3.63) is 47.4 Å². The van der Waals surface area contributed by atoms with Crippen LogP contribution in [0.5, 0.6) is 0 Å². The third-order valence-electron chi connectivity index (χ3n) is 2.81. The maximum absolute atomic E-state index is 3.82. The highest BCUT2D eigenvalue weighted by atomic mass is 32.1. The van der Waals surface area contributed by atoms with Crippen molar-refractivity contribution in [2.45, 2.75) is 32.5 Å². The largest absolute Gasteiger partial charge is 0.139 e. The first-order valence-corrected chi connectivity index (χ1v) is 11.0. The van der Waals surface area contributed by atoms with Gasteiger partial charge in [-0.25, -0.2) is 0 Å². The van der Waals surface area contributed by atoms with E-state index in [1.165, 1.54) is 20.5 Å². The summed E-state index contributed by atoms with van der Waals surface area (Å²) in [5.41, 5.74) is 4.76. The monoisotopic (exact) mass is 284 g/mol. The molecule has 0 unspecified atom stereocenters. The lowest BCUT2D eigenvalue weighted by Gasteiger charge is -2.04. The van der Waals surface area contributed by atoms with E-state index >= 15 is 0 Å². The quantitative estimate of drug-likeness (QED) is 0.410. The van der Waals surface area contributed by atoms with Crippen LogP contribution >= 0.6 is 11.3 Å². The molecule has 0 saturated heterocycles. The van der Waals surface area contributed by atoms with E-state index in [9.17, 15) is 0 Å². The Labute approximate surface area is 121 Å². The van der Waals surface area contributed by atoms with Crippen molar-refractivity contribution in [2.75, 3.05) is 0 Å². The Hall–Kier alpha value is -1.30. The molecule has 0 aliphatic rings. The minimum atomic E-state index is -1.33. The Balaban J connectivity index is 2.53. The Morgan fingerprint density at radius 3 is 2.68 bits per heavy atom. The van der Waals surface area contributed by atoms with Crippen LogP contribution in [0, 0.1) is 11.5 Å². The summed E-state index contributed by atoms with van der Waals surface area (Å²) >= 11 is 1.88. The van der Waals surface area contributed by atoms with E-state index in [-0.39, 0.29) is 0 Å². The van der Waals surface area contributed by atoms with Gasteiger partial charge >= 0.3 is 0 Å². The number of benzene rings is 1. The highest BCUT2D eigenvalue weighted by molar-refractivity contribution is 7.19. The van der Waals surface area contributed by atoms with Crippen LogP contribution in [0.25, 0.3) is 10.1 Å². The van der Waals surface area contributed by atoms with E-state index < -0.39 is 8.07 Å². The lowest BCUT2D eigenvalue weighted by Crippen LogP contribution is -2.16. The zero-order valence-electron chi connectivity index (χ0n) is 11.9. The van der Waals surface area contributed by atoms with Gasteiger partial charge < -0.3 is 0 Å². The van der Waals surface area contributed by atoms with Gasteiger partial charge in [0, 0.05) is 20.5 Å². The molecule has 1 aromatic heterocycles. The van der Waals surface area contributed by atoms with Crippen LogP contribution in [0.3, 0.4) is 0 Å². The molecule has 1 aromatic carbocycles. The molecule has 2 rings (SSSR count). The molecule has 0 fully saturated rings. The molecule has 2 aromatic rings. The molecule has 0 aliphatic heterocycles. The zero-order valence-corrected chi connectivity index (χ0v) is 13.7.